The van der Waals surface area contributed by atoms with Crippen molar-refractivity contribution in [2.75, 3.05) is 17.1 Å². The Morgan fingerprint density at radius 1 is 1.00 bits per heavy atom. The van der Waals surface area contributed by atoms with Crippen molar-refractivity contribution in [2.45, 2.75) is 62.9 Å². The average molecular weight is 565 g/mol. The topological polar surface area (TPSA) is 109 Å². The molecule has 10 heteroatoms. The first-order valence-corrected chi connectivity index (χ1v) is 15.1. The van der Waals surface area contributed by atoms with Crippen LogP contribution in [0.1, 0.15) is 43.9 Å². The van der Waals surface area contributed by atoms with E-state index in [0.29, 0.717) is 23.7 Å². The molecule has 2 heterocycles. The van der Waals surface area contributed by atoms with Crippen LogP contribution in [0.4, 0.5) is 11.8 Å². The SMILES string of the molecule is CCc1cc(-c2cc(Cl)c(NS(=O)(=O)c3ccccc3)nc2C)cc2cnc(NC3CCC(NC)CC3)nc12. The molecule has 1 saturated carbocycles. The van der Waals surface area contributed by atoms with E-state index in [-0.39, 0.29) is 15.7 Å². The van der Waals surface area contributed by atoms with Crippen LogP contribution < -0.4 is 15.4 Å². The van der Waals surface area contributed by atoms with Gasteiger partial charge >= 0.3 is 0 Å². The van der Waals surface area contributed by atoms with Crippen molar-refractivity contribution in [3.05, 3.63) is 71.0 Å². The molecule has 1 aliphatic rings. The molecule has 0 radical (unpaired) electrons. The Labute approximate surface area is 234 Å². The number of anilines is 2. The molecule has 1 fully saturated rings. The van der Waals surface area contributed by atoms with Crippen LogP contribution in [0.25, 0.3) is 22.0 Å². The fourth-order valence-corrected chi connectivity index (χ4v) is 6.45. The van der Waals surface area contributed by atoms with E-state index in [9.17, 15) is 8.42 Å². The second-order valence-corrected chi connectivity index (χ2v) is 12.1. The average Bonchev–Trinajstić information content (AvgIpc) is 2.95. The molecular weight excluding hydrogens is 532 g/mol. The van der Waals surface area contributed by atoms with E-state index in [1.54, 1.807) is 24.3 Å². The lowest BCUT2D eigenvalue weighted by Gasteiger charge is -2.28. The van der Waals surface area contributed by atoms with Gasteiger partial charge in [-0.15, -0.1) is 0 Å². The number of aromatic nitrogens is 3. The third kappa shape index (κ3) is 6.00. The summed E-state index contributed by atoms with van der Waals surface area (Å²) < 4.78 is 28.1. The third-order valence-corrected chi connectivity index (χ3v) is 9.02. The minimum absolute atomic E-state index is 0.0982. The van der Waals surface area contributed by atoms with Crippen LogP contribution in [0.3, 0.4) is 0 Å². The van der Waals surface area contributed by atoms with Crippen molar-refractivity contribution in [1.29, 1.82) is 0 Å². The number of sulfonamides is 1. The van der Waals surface area contributed by atoms with E-state index in [2.05, 4.69) is 38.3 Å². The second kappa shape index (κ2) is 11.5. The van der Waals surface area contributed by atoms with E-state index in [1.807, 2.05) is 26.2 Å². The Kier molecular flexibility index (Phi) is 8.02. The first-order chi connectivity index (χ1) is 18.8. The van der Waals surface area contributed by atoms with Gasteiger partial charge in [0.15, 0.2) is 5.82 Å². The molecule has 2 aromatic heterocycles. The molecular formula is C29H33ClN6O2S. The maximum absolute atomic E-state index is 12.8. The number of benzene rings is 2. The van der Waals surface area contributed by atoms with Gasteiger partial charge < -0.3 is 10.6 Å². The van der Waals surface area contributed by atoms with Gasteiger partial charge in [0, 0.05) is 34.9 Å². The Balaban J connectivity index is 1.42. The maximum atomic E-state index is 12.8. The predicted octanol–water partition coefficient (Wildman–Crippen LogP) is 5.96. The highest BCUT2D eigenvalue weighted by Crippen LogP contribution is 2.34. The standard InChI is InChI=1S/C29H33ClN6O2S/c1-4-19-14-20(15-21-17-32-29(35-27(19)21)34-23-12-10-22(31-3)11-13-23)25-16-26(30)28(33-18(25)2)36-39(37,38)24-8-6-5-7-9-24/h5-9,14-17,22-23,31H,4,10-13H2,1-3H3,(H,33,36)(H,32,34,35). The molecule has 0 amide bonds. The first kappa shape index (κ1) is 27.3. The molecule has 3 N–H and O–H groups in total. The van der Waals surface area contributed by atoms with Crippen LogP contribution in [0, 0.1) is 6.92 Å². The van der Waals surface area contributed by atoms with Crippen molar-refractivity contribution in [3.63, 3.8) is 0 Å². The zero-order valence-electron chi connectivity index (χ0n) is 22.3. The number of hydrogen-bond donors (Lipinski definition) is 3. The summed E-state index contributed by atoms with van der Waals surface area (Å²) in [7, 11) is -1.78. The molecule has 8 nitrogen and oxygen atoms in total. The van der Waals surface area contributed by atoms with Gasteiger partial charge in [-0.2, -0.15) is 0 Å². The maximum Gasteiger partial charge on any atom is 0.263 e. The van der Waals surface area contributed by atoms with Gasteiger partial charge in [0.2, 0.25) is 5.95 Å². The van der Waals surface area contributed by atoms with Gasteiger partial charge in [0.05, 0.1) is 15.4 Å². The summed E-state index contributed by atoms with van der Waals surface area (Å²) in [5.41, 5.74) is 4.42. The van der Waals surface area contributed by atoms with Crippen LogP contribution in [-0.4, -0.2) is 42.5 Å². The summed E-state index contributed by atoms with van der Waals surface area (Å²) >= 11 is 6.54. The fourth-order valence-electron chi connectivity index (χ4n) is 5.15. The fraction of sp³-hybridized carbons (Fsp3) is 0.345. The first-order valence-electron chi connectivity index (χ1n) is 13.3. The van der Waals surface area contributed by atoms with Crippen LogP contribution in [0.2, 0.25) is 5.02 Å². The van der Waals surface area contributed by atoms with Gasteiger partial charge in [-0.3, -0.25) is 4.72 Å². The lowest BCUT2D eigenvalue weighted by molar-refractivity contribution is 0.370. The lowest BCUT2D eigenvalue weighted by atomic mass is 9.91. The smallest absolute Gasteiger partial charge is 0.263 e. The van der Waals surface area contributed by atoms with Gasteiger partial charge in [0.1, 0.15) is 0 Å². The van der Waals surface area contributed by atoms with Crippen molar-refractivity contribution in [2.24, 2.45) is 0 Å². The predicted molar refractivity (Wildman–Crippen MR) is 158 cm³/mol. The van der Waals surface area contributed by atoms with E-state index in [4.69, 9.17) is 16.6 Å². The molecule has 0 bridgehead atoms. The minimum Gasteiger partial charge on any atom is -0.351 e. The monoisotopic (exact) mass is 564 g/mol. The Hall–Kier alpha value is -3.27. The molecule has 5 rings (SSSR count). The van der Waals surface area contributed by atoms with Crippen LogP contribution in [0.15, 0.2) is 59.6 Å². The molecule has 1 aliphatic carbocycles. The molecule has 2 aromatic carbocycles. The molecule has 0 unspecified atom stereocenters. The number of pyridine rings is 1. The summed E-state index contributed by atoms with van der Waals surface area (Å²) in [6.07, 6.45) is 7.14. The largest absolute Gasteiger partial charge is 0.351 e. The number of aryl methyl sites for hydroxylation is 2. The highest BCUT2D eigenvalue weighted by molar-refractivity contribution is 7.92. The molecule has 0 saturated heterocycles. The summed E-state index contributed by atoms with van der Waals surface area (Å²) in [6.45, 7) is 3.94. The summed E-state index contributed by atoms with van der Waals surface area (Å²) in [6, 6.07) is 15.0. The highest BCUT2D eigenvalue weighted by atomic mass is 35.5. The van der Waals surface area contributed by atoms with Gasteiger partial charge in [-0.05, 0) is 87.5 Å². The Morgan fingerprint density at radius 2 is 1.72 bits per heavy atom. The van der Waals surface area contributed by atoms with Gasteiger partial charge in [-0.1, -0.05) is 36.7 Å². The number of halogens is 1. The molecule has 0 aliphatic heterocycles. The molecule has 0 atom stereocenters. The van der Waals surface area contributed by atoms with Crippen molar-refractivity contribution < 1.29 is 8.42 Å². The quantitative estimate of drug-likeness (QED) is 0.242. The molecule has 4 aromatic rings. The molecule has 39 heavy (non-hydrogen) atoms. The number of nitrogens with one attached hydrogen (secondary N) is 3. The molecule has 204 valence electrons. The van der Waals surface area contributed by atoms with E-state index in [1.165, 1.54) is 12.1 Å². The van der Waals surface area contributed by atoms with Gasteiger partial charge in [-0.25, -0.2) is 23.4 Å². The number of rotatable bonds is 8. The summed E-state index contributed by atoms with van der Waals surface area (Å²) in [4.78, 5) is 14.2. The van der Waals surface area contributed by atoms with E-state index in [0.717, 1.165) is 59.7 Å². The molecule has 0 spiro atoms. The van der Waals surface area contributed by atoms with E-state index < -0.39 is 10.0 Å². The second-order valence-electron chi connectivity index (χ2n) is 9.97. The third-order valence-electron chi connectivity index (χ3n) is 7.37. The Morgan fingerprint density at radius 3 is 2.41 bits per heavy atom. The Bertz CT molecular complexity index is 1590. The summed E-state index contributed by atoms with van der Waals surface area (Å²) in [5, 5.41) is 8.05. The van der Waals surface area contributed by atoms with E-state index >= 15 is 0 Å². The number of fused-ring (bicyclic) bond motifs is 1. The minimum atomic E-state index is -3.81. The van der Waals surface area contributed by atoms with Crippen LogP contribution in [0.5, 0.6) is 0 Å². The number of nitrogens with zero attached hydrogens (tertiary/aromatic N) is 3. The zero-order chi connectivity index (χ0) is 27.6. The van der Waals surface area contributed by atoms with Crippen molar-refractivity contribution >= 4 is 44.3 Å². The highest BCUT2D eigenvalue weighted by Gasteiger charge is 2.21. The summed E-state index contributed by atoms with van der Waals surface area (Å²) in [5.74, 6) is 0.759. The van der Waals surface area contributed by atoms with Crippen LogP contribution in [-0.2, 0) is 16.4 Å². The number of hydrogen-bond acceptors (Lipinski definition) is 7. The van der Waals surface area contributed by atoms with Gasteiger partial charge in [0.25, 0.3) is 10.0 Å². The van der Waals surface area contributed by atoms with Crippen LogP contribution >= 0.6 is 11.6 Å². The lowest BCUT2D eigenvalue weighted by Crippen LogP contribution is -2.35. The van der Waals surface area contributed by atoms with Crippen molar-refractivity contribution in [3.8, 4) is 11.1 Å². The normalized spacial score (nSPS) is 17.7. The van der Waals surface area contributed by atoms with Crippen molar-refractivity contribution in [1.82, 2.24) is 20.3 Å². The zero-order valence-corrected chi connectivity index (χ0v) is 23.9.